The van der Waals surface area contributed by atoms with Crippen LogP contribution in [0.5, 0.6) is 0 Å². The molecule has 0 aliphatic carbocycles. The van der Waals surface area contributed by atoms with Gasteiger partial charge in [-0.2, -0.15) is 13.2 Å². The minimum absolute atomic E-state index is 0.00217. The number of carbonyl (C=O) groups is 2. The molecule has 2 aromatic rings. The molecule has 7 nitrogen and oxygen atoms in total. The number of hydrogen-bond acceptors (Lipinski definition) is 4. The fraction of sp³-hybridized carbons (Fsp3) is 0.167. The molecule has 1 unspecified atom stereocenters. The molecule has 1 aromatic carbocycles. The van der Waals surface area contributed by atoms with Gasteiger partial charge in [-0.15, -0.1) is 5.10 Å². The Hall–Kier alpha value is -2.91. The third kappa shape index (κ3) is 2.75. The van der Waals surface area contributed by atoms with Crippen LogP contribution >= 0.6 is 0 Å². The van der Waals surface area contributed by atoms with Gasteiger partial charge < -0.3 is 10.2 Å². The summed E-state index contributed by atoms with van der Waals surface area (Å²) in [4.78, 5) is 22.2. The van der Waals surface area contributed by atoms with Crippen LogP contribution in [0.2, 0.25) is 0 Å². The van der Waals surface area contributed by atoms with E-state index in [0.29, 0.717) is 0 Å². The second-order valence-electron chi connectivity index (χ2n) is 4.19. The summed E-state index contributed by atoms with van der Waals surface area (Å²) in [5, 5.41) is 24.0. The topological polar surface area (TPSA) is 105 Å². The summed E-state index contributed by atoms with van der Waals surface area (Å²) >= 11 is 0. The van der Waals surface area contributed by atoms with Crippen LogP contribution in [0.15, 0.2) is 30.3 Å². The highest BCUT2D eigenvalue weighted by molar-refractivity contribution is 5.87. The lowest BCUT2D eigenvalue weighted by molar-refractivity contribution is -0.148. The van der Waals surface area contributed by atoms with Crippen LogP contribution in [-0.2, 0) is 11.0 Å². The van der Waals surface area contributed by atoms with Gasteiger partial charge in [-0.1, -0.05) is 35.5 Å². The van der Waals surface area contributed by atoms with Crippen molar-refractivity contribution in [3.8, 4) is 0 Å². The maximum atomic E-state index is 13.1. The molecule has 1 atom stereocenters. The van der Waals surface area contributed by atoms with Gasteiger partial charge in [0.2, 0.25) is 5.69 Å². The fourth-order valence-electron chi connectivity index (χ4n) is 1.91. The first-order valence-corrected chi connectivity index (χ1v) is 5.77. The number of aliphatic carboxylic acids is 1. The third-order valence-corrected chi connectivity index (χ3v) is 2.76. The lowest BCUT2D eigenvalue weighted by Gasteiger charge is -2.17. The standard InChI is InChI=1S/C12H8F3N3O4/c13-12(14,15)9-7(10(19)20)16-17-18(9)8(11(21)22)6-4-2-1-3-5-6/h1-5,8H,(H,19,20)(H,21,22). The van der Waals surface area contributed by atoms with Crippen LogP contribution in [0.25, 0.3) is 0 Å². The smallest absolute Gasteiger partial charge is 0.435 e. The second kappa shape index (κ2) is 5.47. The van der Waals surface area contributed by atoms with E-state index in [9.17, 15) is 27.9 Å². The molecule has 0 fully saturated rings. The average molecular weight is 315 g/mol. The molecule has 0 bridgehead atoms. The predicted molar refractivity (Wildman–Crippen MR) is 64.2 cm³/mol. The number of aromatic nitrogens is 3. The lowest BCUT2D eigenvalue weighted by Crippen LogP contribution is -2.27. The van der Waals surface area contributed by atoms with Crippen LogP contribution in [0.1, 0.15) is 27.8 Å². The molecule has 22 heavy (non-hydrogen) atoms. The second-order valence-corrected chi connectivity index (χ2v) is 4.19. The summed E-state index contributed by atoms with van der Waals surface area (Å²) in [7, 11) is 0. The Labute approximate surface area is 120 Å². The molecule has 0 radical (unpaired) electrons. The van der Waals surface area contributed by atoms with Crippen molar-refractivity contribution in [2.75, 3.05) is 0 Å². The molecule has 2 N–H and O–H groups in total. The minimum atomic E-state index is -5.13. The van der Waals surface area contributed by atoms with E-state index in [1.807, 2.05) is 0 Å². The normalized spacial score (nSPS) is 12.9. The van der Waals surface area contributed by atoms with E-state index in [1.54, 1.807) is 6.07 Å². The van der Waals surface area contributed by atoms with E-state index in [4.69, 9.17) is 5.11 Å². The Bertz CT molecular complexity index is 712. The van der Waals surface area contributed by atoms with Crippen LogP contribution < -0.4 is 0 Å². The molecule has 0 saturated carbocycles. The molecule has 10 heteroatoms. The molecule has 1 aromatic heterocycles. The molecule has 1 heterocycles. The number of carboxylic acids is 2. The number of hydrogen-bond donors (Lipinski definition) is 2. The van der Waals surface area contributed by atoms with Crippen molar-refractivity contribution in [1.29, 1.82) is 0 Å². The Balaban J connectivity index is 2.69. The lowest BCUT2D eigenvalue weighted by atomic mass is 10.1. The van der Waals surface area contributed by atoms with Crippen LogP contribution in [0.4, 0.5) is 13.2 Å². The van der Waals surface area contributed by atoms with Crippen molar-refractivity contribution >= 4 is 11.9 Å². The fourth-order valence-corrected chi connectivity index (χ4v) is 1.91. The summed E-state index contributed by atoms with van der Waals surface area (Å²) in [5.74, 6) is -3.57. The zero-order valence-electron chi connectivity index (χ0n) is 10.7. The predicted octanol–water partition coefficient (Wildman–Crippen LogP) is 1.67. The highest BCUT2D eigenvalue weighted by Gasteiger charge is 2.44. The van der Waals surface area contributed by atoms with Crippen LogP contribution in [0, 0.1) is 0 Å². The summed E-state index contributed by atoms with van der Waals surface area (Å²) in [5.41, 5.74) is -3.08. The molecule has 0 aliphatic heterocycles. The molecule has 0 spiro atoms. The zero-order chi connectivity index (χ0) is 16.5. The molecule has 116 valence electrons. The van der Waals surface area contributed by atoms with Gasteiger partial charge in [0.05, 0.1) is 0 Å². The molecule has 0 saturated heterocycles. The van der Waals surface area contributed by atoms with Gasteiger partial charge in [0.15, 0.2) is 11.7 Å². The number of aromatic carboxylic acids is 1. The summed E-state index contributed by atoms with van der Waals surface area (Å²) < 4.78 is 39.3. The molecular weight excluding hydrogens is 307 g/mol. The van der Waals surface area contributed by atoms with Gasteiger partial charge in [-0.25, -0.2) is 14.3 Å². The number of rotatable bonds is 4. The largest absolute Gasteiger partial charge is 0.479 e. The molecule has 2 rings (SSSR count). The van der Waals surface area contributed by atoms with Gasteiger partial charge in [0.25, 0.3) is 0 Å². The maximum absolute atomic E-state index is 13.1. The van der Waals surface area contributed by atoms with Crippen LogP contribution in [0.3, 0.4) is 0 Å². The van der Waals surface area contributed by atoms with E-state index in [-0.39, 0.29) is 10.2 Å². The number of alkyl halides is 3. The van der Waals surface area contributed by atoms with E-state index < -0.39 is 35.5 Å². The third-order valence-electron chi connectivity index (χ3n) is 2.76. The van der Waals surface area contributed by atoms with E-state index in [1.165, 1.54) is 24.3 Å². The van der Waals surface area contributed by atoms with Gasteiger partial charge in [-0.05, 0) is 5.56 Å². The SMILES string of the molecule is O=C(O)c1nnn(C(C(=O)O)c2ccccc2)c1C(F)(F)F. The van der Waals surface area contributed by atoms with Crippen molar-refractivity contribution < 1.29 is 33.0 Å². The van der Waals surface area contributed by atoms with Gasteiger partial charge in [0.1, 0.15) is 0 Å². The molecule has 0 aliphatic rings. The average Bonchev–Trinajstić information content (AvgIpc) is 2.84. The van der Waals surface area contributed by atoms with Gasteiger partial charge >= 0.3 is 18.1 Å². The maximum Gasteiger partial charge on any atom is 0.435 e. The Kier molecular flexibility index (Phi) is 3.85. The number of carboxylic acid groups (broad SMARTS) is 2. The molecular formula is C12H8F3N3O4. The van der Waals surface area contributed by atoms with Crippen molar-refractivity contribution in [2.24, 2.45) is 0 Å². The summed E-state index contributed by atoms with van der Waals surface area (Å²) in [6, 6.07) is 5.17. The van der Waals surface area contributed by atoms with Crippen molar-refractivity contribution in [3.05, 3.63) is 47.3 Å². The first kappa shape index (κ1) is 15.5. The number of benzene rings is 1. The Morgan fingerprint density at radius 1 is 1.14 bits per heavy atom. The van der Waals surface area contributed by atoms with Crippen LogP contribution in [-0.4, -0.2) is 37.1 Å². The Morgan fingerprint density at radius 3 is 2.18 bits per heavy atom. The quantitative estimate of drug-likeness (QED) is 0.889. The zero-order valence-corrected chi connectivity index (χ0v) is 10.7. The van der Waals surface area contributed by atoms with E-state index >= 15 is 0 Å². The Morgan fingerprint density at radius 2 is 1.73 bits per heavy atom. The molecule has 0 amide bonds. The minimum Gasteiger partial charge on any atom is -0.479 e. The van der Waals surface area contributed by atoms with Crippen molar-refractivity contribution in [1.82, 2.24) is 15.0 Å². The van der Waals surface area contributed by atoms with E-state index in [0.717, 1.165) is 0 Å². The first-order chi connectivity index (χ1) is 10.2. The highest BCUT2D eigenvalue weighted by atomic mass is 19.4. The first-order valence-electron chi connectivity index (χ1n) is 5.77. The highest BCUT2D eigenvalue weighted by Crippen LogP contribution is 2.34. The number of nitrogens with zero attached hydrogens (tertiary/aromatic N) is 3. The van der Waals surface area contributed by atoms with Gasteiger partial charge in [0, 0.05) is 0 Å². The summed E-state index contributed by atoms with van der Waals surface area (Å²) in [6.45, 7) is 0. The monoisotopic (exact) mass is 315 g/mol. The van der Waals surface area contributed by atoms with Crippen molar-refractivity contribution in [3.63, 3.8) is 0 Å². The van der Waals surface area contributed by atoms with Gasteiger partial charge in [-0.3, -0.25) is 0 Å². The summed E-state index contributed by atoms with van der Waals surface area (Å²) in [6.07, 6.45) is -5.13. The van der Waals surface area contributed by atoms with Crippen molar-refractivity contribution in [2.45, 2.75) is 12.2 Å². The number of halogens is 3. The van der Waals surface area contributed by atoms with E-state index in [2.05, 4.69) is 10.3 Å².